The fourth-order valence-corrected chi connectivity index (χ4v) is 2.09. The first-order valence-electron chi connectivity index (χ1n) is 5.84. The van der Waals surface area contributed by atoms with Gasteiger partial charge in [0.1, 0.15) is 10.0 Å². The van der Waals surface area contributed by atoms with Crippen LogP contribution in [0.3, 0.4) is 0 Å². The molecular weight excluding hydrogens is 222 g/mol. The summed E-state index contributed by atoms with van der Waals surface area (Å²) in [6.45, 7) is 8.78. The van der Waals surface area contributed by atoms with Gasteiger partial charge in [0.15, 0.2) is 0 Å². The highest BCUT2D eigenvalue weighted by Gasteiger charge is 2.04. The van der Waals surface area contributed by atoms with Gasteiger partial charge >= 0.3 is 0 Å². The molecular formula is C11H21N3OS. The average molecular weight is 243 g/mol. The summed E-state index contributed by atoms with van der Waals surface area (Å²) in [4.78, 5) is 0. The third kappa shape index (κ3) is 5.53. The van der Waals surface area contributed by atoms with Gasteiger partial charge in [-0.2, -0.15) is 0 Å². The van der Waals surface area contributed by atoms with Crippen molar-refractivity contribution in [1.82, 2.24) is 15.5 Å². The van der Waals surface area contributed by atoms with E-state index < -0.39 is 0 Å². The molecule has 0 aliphatic heterocycles. The van der Waals surface area contributed by atoms with Crippen molar-refractivity contribution in [3.05, 3.63) is 10.0 Å². The minimum absolute atomic E-state index is 0.533. The normalized spacial score (nSPS) is 11.2. The maximum atomic E-state index is 5.29. The van der Waals surface area contributed by atoms with Crippen LogP contribution in [0.15, 0.2) is 0 Å². The number of aromatic nitrogens is 2. The van der Waals surface area contributed by atoms with Crippen LogP contribution in [0.1, 0.15) is 30.8 Å². The Bertz CT molecular complexity index is 289. The fraction of sp³-hybridized carbons (Fsp3) is 0.818. The minimum atomic E-state index is 0.533. The van der Waals surface area contributed by atoms with E-state index in [4.69, 9.17) is 4.74 Å². The maximum Gasteiger partial charge on any atom is 0.119 e. The third-order valence-electron chi connectivity index (χ3n) is 2.06. The summed E-state index contributed by atoms with van der Waals surface area (Å²) in [5.74, 6) is 0. The van der Waals surface area contributed by atoms with Crippen molar-refractivity contribution < 1.29 is 4.74 Å². The lowest BCUT2D eigenvalue weighted by molar-refractivity contribution is 0.150. The second kappa shape index (κ2) is 7.70. The van der Waals surface area contributed by atoms with Gasteiger partial charge in [0, 0.05) is 32.0 Å². The zero-order chi connectivity index (χ0) is 11.8. The zero-order valence-corrected chi connectivity index (χ0v) is 11.1. The lowest BCUT2D eigenvalue weighted by Crippen LogP contribution is -2.24. The van der Waals surface area contributed by atoms with Crippen LogP contribution in [-0.4, -0.2) is 36.0 Å². The molecule has 0 atom stereocenters. The second-order valence-corrected chi connectivity index (χ2v) is 5.04. The van der Waals surface area contributed by atoms with Crippen LogP contribution in [0, 0.1) is 0 Å². The van der Waals surface area contributed by atoms with E-state index in [0.29, 0.717) is 6.04 Å². The summed E-state index contributed by atoms with van der Waals surface area (Å²) in [7, 11) is 0. The van der Waals surface area contributed by atoms with Crippen molar-refractivity contribution in [3.63, 3.8) is 0 Å². The van der Waals surface area contributed by atoms with E-state index in [2.05, 4.69) is 29.4 Å². The van der Waals surface area contributed by atoms with E-state index in [1.807, 2.05) is 6.92 Å². The summed E-state index contributed by atoms with van der Waals surface area (Å²) in [6.07, 6.45) is 1.84. The number of nitrogens with zero attached hydrogens (tertiary/aromatic N) is 2. The number of rotatable bonds is 8. The molecule has 4 nitrogen and oxygen atoms in total. The van der Waals surface area contributed by atoms with Gasteiger partial charge in [-0.1, -0.05) is 13.8 Å². The average Bonchev–Trinajstić information content (AvgIpc) is 2.66. The lowest BCUT2D eigenvalue weighted by atomic mass is 10.3. The zero-order valence-electron chi connectivity index (χ0n) is 10.3. The molecule has 1 aromatic rings. The van der Waals surface area contributed by atoms with Gasteiger partial charge in [-0.15, -0.1) is 21.5 Å². The molecule has 0 unspecified atom stereocenters. The van der Waals surface area contributed by atoms with Crippen LogP contribution in [0.2, 0.25) is 0 Å². The third-order valence-corrected chi connectivity index (χ3v) is 3.11. The van der Waals surface area contributed by atoms with E-state index in [0.717, 1.165) is 42.6 Å². The van der Waals surface area contributed by atoms with Crippen molar-refractivity contribution in [3.8, 4) is 0 Å². The highest BCUT2D eigenvalue weighted by Crippen LogP contribution is 2.10. The Labute approximate surface area is 101 Å². The molecule has 0 spiro atoms. The van der Waals surface area contributed by atoms with Crippen molar-refractivity contribution in [2.75, 3.05) is 19.8 Å². The maximum absolute atomic E-state index is 5.29. The quantitative estimate of drug-likeness (QED) is 0.705. The van der Waals surface area contributed by atoms with Crippen molar-refractivity contribution in [2.24, 2.45) is 0 Å². The highest BCUT2D eigenvalue weighted by molar-refractivity contribution is 7.11. The molecule has 1 N–H and O–H groups in total. The molecule has 0 saturated heterocycles. The Morgan fingerprint density at radius 1 is 1.25 bits per heavy atom. The topological polar surface area (TPSA) is 47.0 Å². The summed E-state index contributed by atoms with van der Waals surface area (Å²) in [6, 6.07) is 0.533. The molecule has 1 heterocycles. The predicted octanol–water partition coefficient (Wildman–Crippen LogP) is 1.66. The second-order valence-electron chi connectivity index (χ2n) is 3.90. The molecule has 0 amide bonds. The SMILES string of the molecule is CCOCCc1nnc(CCNC(C)C)s1. The Kier molecular flexibility index (Phi) is 6.52. The molecule has 0 radical (unpaired) electrons. The fourth-order valence-electron chi connectivity index (χ4n) is 1.26. The Morgan fingerprint density at radius 3 is 2.56 bits per heavy atom. The summed E-state index contributed by atoms with van der Waals surface area (Å²) < 4.78 is 5.29. The summed E-state index contributed by atoms with van der Waals surface area (Å²) in [5, 5.41) is 13.9. The van der Waals surface area contributed by atoms with Crippen molar-refractivity contribution in [2.45, 2.75) is 39.7 Å². The van der Waals surface area contributed by atoms with Gasteiger partial charge in [-0.05, 0) is 6.92 Å². The molecule has 0 fully saturated rings. The van der Waals surface area contributed by atoms with E-state index in [1.54, 1.807) is 11.3 Å². The molecule has 16 heavy (non-hydrogen) atoms. The largest absolute Gasteiger partial charge is 0.381 e. The molecule has 0 saturated carbocycles. The number of ether oxygens (including phenoxy) is 1. The van der Waals surface area contributed by atoms with Gasteiger partial charge in [0.2, 0.25) is 0 Å². The molecule has 0 aliphatic rings. The van der Waals surface area contributed by atoms with E-state index in [9.17, 15) is 0 Å². The monoisotopic (exact) mass is 243 g/mol. The Balaban J connectivity index is 2.22. The molecule has 0 aliphatic carbocycles. The molecule has 0 bridgehead atoms. The summed E-state index contributed by atoms with van der Waals surface area (Å²) >= 11 is 1.69. The minimum Gasteiger partial charge on any atom is -0.381 e. The van der Waals surface area contributed by atoms with Gasteiger partial charge < -0.3 is 10.1 Å². The number of hydrogen-bond donors (Lipinski definition) is 1. The first kappa shape index (κ1) is 13.5. The number of nitrogens with one attached hydrogen (secondary N) is 1. The first-order chi connectivity index (χ1) is 7.72. The van der Waals surface area contributed by atoms with Crippen LogP contribution >= 0.6 is 11.3 Å². The highest BCUT2D eigenvalue weighted by atomic mass is 32.1. The number of hydrogen-bond acceptors (Lipinski definition) is 5. The lowest BCUT2D eigenvalue weighted by Gasteiger charge is -2.05. The standard InChI is InChI=1S/C11H21N3OS/c1-4-15-8-6-11-14-13-10(16-11)5-7-12-9(2)3/h9,12H,4-8H2,1-3H3. The van der Waals surface area contributed by atoms with E-state index in [1.165, 1.54) is 0 Å². The van der Waals surface area contributed by atoms with Crippen LogP contribution in [-0.2, 0) is 17.6 Å². The van der Waals surface area contributed by atoms with Gasteiger partial charge in [-0.25, -0.2) is 0 Å². The molecule has 1 rings (SSSR count). The Hall–Kier alpha value is -0.520. The molecule has 1 aromatic heterocycles. The van der Waals surface area contributed by atoms with Gasteiger partial charge in [0.05, 0.1) is 6.61 Å². The van der Waals surface area contributed by atoms with Crippen molar-refractivity contribution in [1.29, 1.82) is 0 Å². The smallest absolute Gasteiger partial charge is 0.119 e. The van der Waals surface area contributed by atoms with Gasteiger partial charge in [0.25, 0.3) is 0 Å². The summed E-state index contributed by atoms with van der Waals surface area (Å²) in [5.41, 5.74) is 0. The van der Waals surface area contributed by atoms with Crippen LogP contribution < -0.4 is 5.32 Å². The molecule has 5 heteroatoms. The molecule has 0 aromatic carbocycles. The van der Waals surface area contributed by atoms with Crippen molar-refractivity contribution >= 4 is 11.3 Å². The molecule has 92 valence electrons. The van der Waals surface area contributed by atoms with Crippen LogP contribution in [0.4, 0.5) is 0 Å². The predicted molar refractivity (Wildman–Crippen MR) is 66.9 cm³/mol. The van der Waals surface area contributed by atoms with E-state index in [-0.39, 0.29) is 0 Å². The van der Waals surface area contributed by atoms with Gasteiger partial charge in [-0.3, -0.25) is 0 Å². The van der Waals surface area contributed by atoms with Crippen LogP contribution in [0.25, 0.3) is 0 Å². The first-order valence-corrected chi connectivity index (χ1v) is 6.66. The van der Waals surface area contributed by atoms with E-state index >= 15 is 0 Å². The Morgan fingerprint density at radius 2 is 1.94 bits per heavy atom. The van der Waals surface area contributed by atoms with Crippen LogP contribution in [0.5, 0.6) is 0 Å².